The van der Waals surface area contributed by atoms with Crippen LogP contribution < -0.4 is 5.32 Å². The van der Waals surface area contributed by atoms with Crippen LogP contribution >= 0.6 is 27.5 Å². The van der Waals surface area contributed by atoms with Crippen LogP contribution in [0.1, 0.15) is 12.5 Å². The second-order valence-electron chi connectivity index (χ2n) is 4.53. The quantitative estimate of drug-likeness (QED) is 0.461. The summed E-state index contributed by atoms with van der Waals surface area (Å²) in [5, 5.41) is 14.2. The Morgan fingerprint density at radius 3 is 2.78 bits per heavy atom. The third-order valence-electron chi connectivity index (χ3n) is 2.83. The van der Waals surface area contributed by atoms with Gasteiger partial charge in [-0.25, -0.2) is 0 Å². The fraction of sp³-hybridized carbons (Fsp3) is 0.0667. The summed E-state index contributed by atoms with van der Waals surface area (Å²) in [6.45, 7) is 1.37. The van der Waals surface area contributed by atoms with E-state index in [9.17, 15) is 14.9 Å². The highest BCUT2D eigenvalue weighted by molar-refractivity contribution is 9.10. The number of anilines is 1. The van der Waals surface area contributed by atoms with Gasteiger partial charge in [-0.1, -0.05) is 17.7 Å². The Kier molecular flexibility index (Phi) is 5.46. The van der Waals surface area contributed by atoms with Crippen LogP contribution in [0.5, 0.6) is 0 Å². The zero-order valence-corrected chi connectivity index (χ0v) is 14.3. The number of aliphatic imine (C=N–C) groups is 1. The smallest absolute Gasteiger partial charge is 0.279 e. The molecular formula is C15H11BrClN3O3. The van der Waals surface area contributed by atoms with Gasteiger partial charge in [-0.05, 0) is 40.2 Å². The molecule has 1 amide bonds. The second kappa shape index (κ2) is 7.34. The third kappa shape index (κ3) is 4.37. The van der Waals surface area contributed by atoms with E-state index >= 15 is 0 Å². The van der Waals surface area contributed by atoms with Crippen molar-refractivity contribution in [2.75, 3.05) is 5.32 Å². The highest BCUT2D eigenvalue weighted by atomic mass is 79.9. The molecule has 118 valence electrons. The number of benzene rings is 2. The molecule has 6 nitrogen and oxygen atoms in total. The average Bonchev–Trinajstić information content (AvgIpc) is 2.46. The molecule has 2 aromatic carbocycles. The van der Waals surface area contributed by atoms with Gasteiger partial charge in [0.25, 0.3) is 5.69 Å². The van der Waals surface area contributed by atoms with Crippen molar-refractivity contribution in [3.8, 4) is 0 Å². The van der Waals surface area contributed by atoms with Crippen LogP contribution in [0, 0.1) is 10.1 Å². The number of nitrogens with one attached hydrogen (secondary N) is 1. The van der Waals surface area contributed by atoms with Gasteiger partial charge in [0.15, 0.2) is 0 Å². The highest BCUT2D eigenvalue weighted by Gasteiger charge is 2.14. The molecule has 2 aromatic rings. The molecule has 0 aromatic heterocycles. The lowest BCUT2D eigenvalue weighted by Crippen LogP contribution is -2.05. The lowest BCUT2D eigenvalue weighted by Gasteiger charge is -2.07. The number of hydrogen-bond acceptors (Lipinski definition) is 4. The van der Waals surface area contributed by atoms with Crippen LogP contribution in [0.15, 0.2) is 45.9 Å². The topological polar surface area (TPSA) is 84.6 Å². The number of carbonyl (C=O) groups excluding carboxylic acids is 1. The van der Waals surface area contributed by atoms with E-state index in [0.29, 0.717) is 26.4 Å². The van der Waals surface area contributed by atoms with Crippen molar-refractivity contribution in [3.05, 3.63) is 61.6 Å². The number of nitrogens with zero attached hydrogens (tertiary/aromatic N) is 2. The molecule has 0 unspecified atom stereocenters. The zero-order chi connectivity index (χ0) is 17.0. The van der Waals surface area contributed by atoms with Gasteiger partial charge in [0.2, 0.25) is 5.91 Å². The summed E-state index contributed by atoms with van der Waals surface area (Å²) in [7, 11) is 0. The number of rotatable bonds is 4. The van der Waals surface area contributed by atoms with Crippen LogP contribution in [0.25, 0.3) is 0 Å². The molecule has 1 N–H and O–H groups in total. The van der Waals surface area contributed by atoms with E-state index in [1.807, 2.05) is 0 Å². The van der Waals surface area contributed by atoms with E-state index in [-0.39, 0.29) is 11.6 Å². The maximum Gasteiger partial charge on any atom is 0.279 e. The Morgan fingerprint density at radius 2 is 2.13 bits per heavy atom. The van der Waals surface area contributed by atoms with Crippen LogP contribution in [0.2, 0.25) is 5.02 Å². The summed E-state index contributed by atoms with van der Waals surface area (Å²) in [6, 6.07) is 9.45. The van der Waals surface area contributed by atoms with E-state index in [2.05, 4.69) is 26.2 Å². The Labute approximate surface area is 145 Å². The Balaban J connectivity index is 2.46. The standard InChI is InChI=1S/C15H11BrClN3O3/c1-9(21)19-14-7-10(17)5-6-13(14)18-8-11-12(16)3-2-4-15(11)20(22)23/h2-8H,1H3,(H,19,21). The largest absolute Gasteiger partial charge is 0.324 e. The summed E-state index contributed by atoms with van der Waals surface area (Å²) in [4.78, 5) is 26.1. The maximum atomic E-state index is 11.2. The minimum atomic E-state index is -0.483. The molecule has 8 heteroatoms. The van der Waals surface area contributed by atoms with Gasteiger partial charge >= 0.3 is 0 Å². The Hall–Kier alpha value is -2.25. The number of amides is 1. The fourth-order valence-corrected chi connectivity index (χ4v) is 2.49. The van der Waals surface area contributed by atoms with Crippen molar-refractivity contribution < 1.29 is 9.72 Å². The second-order valence-corrected chi connectivity index (χ2v) is 5.82. The number of nitro groups is 1. The average molecular weight is 397 g/mol. The summed E-state index contributed by atoms with van der Waals surface area (Å²) < 4.78 is 0.547. The maximum absolute atomic E-state index is 11.2. The predicted molar refractivity (Wildman–Crippen MR) is 93.8 cm³/mol. The molecular weight excluding hydrogens is 386 g/mol. The van der Waals surface area contributed by atoms with Gasteiger partial charge in [-0.2, -0.15) is 0 Å². The van der Waals surface area contributed by atoms with Gasteiger partial charge in [-0.3, -0.25) is 19.9 Å². The van der Waals surface area contributed by atoms with Gasteiger partial charge in [0, 0.05) is 28.7 Å². The highest BCUT2D eigenvalue weighted by Crippen LogP contribution is 2.30. The molecule has 0 radical (unpaired) electrons. The monoisotopic (exact) mass is 395 g/mol. The first kappa shape index (κ1) is 17.1. The molecule has 0 aliphatic rings. The minimum Gasteiger partial charge on any atom is -0.324 e. The zero-order valence-electron chi connectivity index (χ0n) is 11.9. The van der Waals surface area contributed by atoms with E-state index in [4.69, 9.17) is 11.6 Å². The van der Waals surface area contributed by atoms with E-state index in [1.54, 1.807) is 30.3 Å². The molecule has 0 aliphatic carbocycles. The first-order valence-electron chi connectivity index (χ1n) is 6.42. The van der Waals surface area contributed by atoms with Gasteiger partial charge in [0.05, 0.1) is 21.9 Å². The lowest BCUT2D eigenvalue weighted by atomic mass is 10.2. The molecule has 0 saturated heterocycles. The first-order valence-corrected chi connectivity index (χ1v) is 7.59. The molecule has 0 bridgehead atoms. The fourth-order valence-electron chi connectivity index (χ4n) is 1.86. The van der Waals surface area contributed by atoms with Crippen LogP contribution in [0.4, 0.5) is 17.1 Å². The number of carbonyl (C=O) groups is 1. The van der Waals surface area contributed by atoms with E-state index in [1.165, 1.54) is 19.2 Å². The molecule has 0 fully saturated rings. The van der Waals surface area contributed by atoms with Crippen molar-refractivity contribution in [1.82, 2.24) is 0 Å². The predicted octanol–water partition coefficient (Wildman–Crippen LogP) is 4.72. The SMILES string of the molecule is CC(=O)Nc1cc(Cl)ccc1N=Cc1c(Br)cccc1[N+](=O)[O-]. The van der Waals surface area contributed by atoms with Crippen molar-refractivity contribution >= 4 is 56.7 Å². The van der Waals surface area contributed by atoms with Crippen molar-refractivity contribution in [3.63, 3.8) is 0 Å². The first-order chi connectivity index (χ1) is 10.9. The Bertz CT molecular complexity index is 809. The van der Waals surface area contributed by atoms with Gasteiger partial charge in [0.1, 0.15) is 0 Å². The van der Waals surface area contributed by atoms with E-state index < -0.39 is 4.92 Å². The number of hydrogen-bond donors (Lipinski definition) is 1. The van der Waals surface area contributed by atoms with Gasteiger partial charge < -0.3 is 5.32 Å². The molecule has 0 saturated carbocycles. The van der Waals surface area contributed by atoms with Crippen molar-refractivity contribution in [2.24, 2.45) is 4.99 Å². The summed E-state index contributed by atoms with van der Waals surface area (Å²) >= 11 is 9.18. The molecule has 0 atom stereocenters. The molecule has 2 rings (SSSR count). The molecule has 0 spiro atoms. The minimum absolute atomic E-state index is 0.0711. The summed E-state index contributed by atoms with van der Waals surface area (Å²) in [5.74, 6) is -0.268. The van der Waals surface area contributed by atoms with Crippen molar-refractivity contribution in [1.29, 1.82) is 0 Å². The van der Waals surface area contributed by atoms with Gasteiger partial charge in [-0.15, -0.1) is 0 Å². The lowest BCUT2D eigenvalue weighted by molar-refractivity contribution is -0.385. The normalized spacial score (nSPS) is 10.7. The van der Waals surface area contributed by atoms with Crippen LogP contribution in [0.3, 0.4) is 0 Å². The van der Waals surface area contributed by atoms with Crippen LogP contribution in [-0.2, 0) is 4.79 Å². The van der Waals surface area contributed by atoms with Crippen molar-refractivity contribution in [2.45, 2.75) is 6.92 Å². The van der Waals surface area contributed by atoms with E-state index in [0.717, 1.165) is 0 Å². The molecule has 0 heterocycles. The third-order valence-corrected chi connectivity index (χ3v) is 3.76. The summed E-state index contributed by atoms with van der Waals surface area (Å²) in [5.41, 5.74) is 1.13. The Morgan fingerprint density at radius 1 is 1.39 bits per heavy atom. The molecule has 23 heavy (non-hydrogen) atoms. The summed E-state index contributed by atoms with van der Waals surface area (Å²) in [6.07, 6.45) is 1.37. The number of nitro benzene ring substituents is 1. The van der Waals surface area contributed by atoms with Crippen LogP contribution in [-0.4, -0.2) is 17.0 Å². The molecule has 0 aliphatic heterocycles. The number of halogens is 2.